The summed E-state index contributed by atoms with van der Waals surface area (Å²) >= 11 is 0. The van der Waals surface area contributed by atoms with E-state index in [-0.39, 0.29) is 11.8 Å². The van der Waals surface area contributed by atoms with Crippen molar-refractivity contribution in [1.29, 1.82) is 5.26 Å². The van der Waals surface area contributed by atoms with Crippen molar-refractivity contribution in [3.05, 3.63) is 29.3 Å². The molecule has 0 bridgehead atoms. The van der Waals surface area contributed by atoms with Crippen LogP contribution in [0.2, 0.25) is 0 Å². The van der Waals surface area contributed by atoms with Gasteiger partial charge in [0.05, 0.1) is 18.6 Å². The number of likely N-dealkylation sites (tertiary alicyclic amines) is 1. The lowest BCUT2D eigenvalue weighted by Gasteiger charge is -2.36. The number of nitrogens with zero attached hydrogens (tertiary/aromatic N) is 2. The van der Waals surface area contributed by atoms with Gasteiger partial charge in [-0.15, -0.1) is 0 Å². The number of primary amides is 1. The topological polar surface area (TPSA) is 79.3 Å². The summed E-state index contributed by atoms with van der Waals surface area (Å²) in [5.74, 6) is 0.303. The summed E-state index contributed by atoms with van der Waals surface area (Å²) in [6, 6.07) is 8.12. The molecule has 1 amide bonds. The van der Waals surface area contributed by atoms with Gasteiger partial charge in [-0.05, 0) is 37.5 Å². The zero-order chi connectivity index (χ0) is 15.4. The molecule has 1 aliphatic rings. The molecule has 1 aromatic rings. The van der Waals surface area contributed by atoms with E-state index in [0.29, 0.717) is 23.9 Å². The van der Waals surface area contributed by atoms with Gasteiger partial charge in [0.25, 0.3) is 0 Å². The van der Waals surface area contributed by atoms with Crippen LogP contribution < -0.4 is 10.5 Å². The van der Waals surface area contributed by atoms with E-state index >= 15 is 0 Å². The van der Waals surface area contributed by atoms with Gasteiger partial charge >= 0.3 is 0 Å². The molecule has 21 heavy (non-hydrogen) atoms. The highest BCUT2D eigenvalue weighted by Crippen LogP contribution is 2.25. The van der Waals surface area contributed by atoms with Crippen molar-refractivity contribution in [2.24, 2.45) is 11.7 Å². The van der Waals surface area contributed by atoms with Crippen LogP contribution in [-0.4, -0.2) is 30.5 Å². The Morgan fingerprint density at radius 2 is 2.29 bits per heavy atom. The number of benzene rings is 1. The van der Waals surface area contributed by atoms with Crippen molar-refractivity contribution >= 4 is 5.91 Å². The molecule has 0 aliphatic carbocycles. The van der Waals surface area contributed by atoms with E-state index in [2.05, 4.69) is 17.9 Å². The molecular formula is C16H21N3O2. The number of hydrogen-bond donors (Lipinski definition) is 1. The fourth-order valence-electron chi connectivity index (χ4n) is 2.79. The molecule has 1 saturated heterocycles. The van der Waals surface area contributed by atoms with Gasteiger partial charge < -0.3 is 10.5 Å². The van der Waals surface area contributed by atoms with Crippen LogP contribution in [0.25, 0.3) is 0 Å². The van der Waals surface area contributed by atoms with E-state index in [0.717, 1.165) is 24.9 Å². The molecular weight excluding hydrogens is 266 g/mol. The van der Waals surface area contributed by atoms with E-state index < -0.39 is 0 Å². The first kappa shape index (κ1) is 15.3. The standard InChI is InChI=1S/C16H21N3O2/c1-11-3-5-14(16(18)20)10-19(11)9-12-4-6-13(8-17)15(7-12)21-2/h4,6-7,11,14H,3,5,9-10H2,1-2H3,(H2,18,20). The Morgan fingerprint density at radius 3 is 2.90 bits per heavy atom. The average molecular weight is 287 g/mol. The Kier molecular flexibility index (Phi) is 4.81. The third-order valence-electron chi connectivity index (χ3n) is 4.19. The molecule has 1 fully saturated rings. The third-order valence-corrected chi connectivity index (χ3v) is 4.19. The number of amides is 1. The molecule has 112 valence electrons. The Balaban J connectivity index is 2.13. The number of ether oxygens (including phenoxy) is 1. The van der Waals surface area contributed by atoms with E-state index in [4.69, 9.17) is 15.7 Å². The van der Waals surface area contributed by atoms with E-state index in [1.807, 2.05) is 12.1 Å². The van der Waals surface area contributed by atoms with E-state index in [9.17, 15) is 4.79 Å². The summed E-state index contributed by atoms with van der Waals surface area (Å²) < 4.78 is 5.24. The van der Waals surface area contributed by atoms with Crippen molar-refractivity contribution in [2.45, 2.75) is 32.4 Å². The Bertz CT molecular complexity index is 565. The van der Waals surface area contributed by atoms with Gasteiger partial charge in [-0.3, -0.25) is 9.69 Å². The number of nitriles is 1. The van der Waals surface area contributed by atoms with Gasteiger partial charge in [0.1, 0.15) is 11.8 Å². The highest BCUT2D eigenvalue weighted by atomic mass is 16.5. The van der Waals surface area contributed by atoms with E-state index in [1.54, 1.807) is 13.2 Å². The largest absolute Gasteiger partial charge is 0.495 e. The summed E-state index contributed by atoms with van der Waals surface area (Å²) in [5, 5.41) is 9.01. The Labute approximate surface area is 125 Å². The van der Waals surface area contributed by atoms with Crippen molar-refractivity contribution in [3.8, 4) is 11.8 Å². The normalized spacial score (nSPS) is 22.5. The highest BCUT2D eigenvalue weighted by Gasteiger charge is 2.28. The second kappa shape index (κ2) is 6.59. The molecule has 0 saturated carbocycles. The molecule has 0 radical (unpaired) electrons. The molecule has 2 N–H and O–H groups in total. The number of carbonyl (C=O) groups is 1. The monoisotopic (exact) mass is 287 g/mol. The number of nitrogens with two attached hydrogens (primary N) is 1. The van der Waals surface area contributed by atoms with Crippen LogP contribution in [0.4, 0.5) is 0 Å². The smallest absolute Gasteiger partial charge is 0.221 e. The number of methoxy groups -OCH3 is 1. The zero-order valence-corrected chi connectivity index (χ0v) is 12.5. The average Bonchev–Trinajstić information content (AvgIpc) is 2.49. The number of carbonyl (C=O) groups excluding carboxylic acids is 1. The molecule has 0 aromatic heterocycles. The van der Waals surface area contributed by atoms with Crippen molar-refractivity contribution in [3.63, 3.8) is 0 Å². The predicted molar refractivity (Wildman–Crippen MR) is 79.5 cm³/mol. The maximum absolute atomic E-state index is 11.4. The summed E-state index contributed by atoms with van der Waals surface area (Å²) in [6.45, 7) is 3.59. The molecule has 2 atom stereocenters. The van der Waals surface area contributed by atoms with Crippen molar-refractivity contribution < 1.29 is 9.53 Å². The lowest BCUT2D eigenvalue weighted by Crippen LogP contribution is -2.45. The quantitative estimate of drug-likeness (QED) is 0.913. The minimum Gasteiger partial charge on any atom is -0.495 e. The Hall–Kier alpha value is -2.06. The highest BCUT2D eigenvalue weighted by molar-refractivity contribution is 5.77. The van der Waals surface area contributed by atoms with Crippen LogP contribution in [0, 0.1) is 17.2 Å². The summed E-state index contributed by atoms with van der Waals surface area (Å²) in [7, 11) is 1.56. The van der Waals surface area contributed by atoms with Crippen LogP contribution in [0.1, 0.15) is 30.9 Å². The van der Waals surface area contributed by atoms with Crippen LogP contribution in [-0.2, 0) is 11.3 Å². The summed E-state index contributed by atoms with van der Waals surface area (Å²) in [6.07, 6.45) is 1.84. The molecule has 5 nitrogen and oxygen atoms in total. The zero-order valence-electron chi connectivity index (χ0n) is 12.5. The lowest BCUT2D eigenvalue weighted by atomic mass is 9.92. The molecule has 2 unspecified atom stereocenters. The maximum atomic E-state index is 11.4. The molecule has 1 aliphatic heterocycles. The SMILES string of the molecule is COc1cc(CN2CC(C(N)=O)CCC2C)ccc1C#N. The first-order valence-electron chi connectivity index (χ1n) is 7.15. The van der Waals surface area contributed by atoms with Gasteiger partial charge in [-0.25, -0.2) is 0 Å². The van der Waals surface area contributed by atoms with Crippen LogP contribution >= 0.6 is 0 Å². The minimum absolute atomic E-state index is 0.0681. The van der Waals surface area contributed by atoms with Crippen molar-refractivity contribution in [2.75, 3.05) is 13.7 Å². The fraction of sp³-hybridized carbons (Fsp3) is 0.500. The Morgan fingerprint density at radius 1 is 1.52 bits per heavy atom. The number of piperidine rings is 1. The van der Waals surface area contributed by atoms with Crippen LogP contribution in [0.3, 0.4) is 0 Å². The summed E-state index contributed by atoms with van der Waals surface area (Å²) in [5.41, 5.74) is 7.03. The predicted octanol–water partition coefficient (Wildman–Crippen LogP) is 1.65. The van der Waals surface area contributed by atoms with Gasteiger partial charge in [-0.1, -0.05) is 6.07 Å². The van der Waals surface area contributed by atoms with E-state index in [1.165, 1.54) is 0 Å². The van der Waals surface area contributed by atoms with Gasteiger partial charge in [0.2, 0.25) is 5.91 Å². The van der Waals surface area contributed by atoms with Gasteiger partial charge in [0.15, 0.2) is 0 Å². The number of hydrogen-bond acceptors (Lipinski definition) is 4. The van der Waals surface area contributed by atoms with Gasteiger partial charge in [0, 0.05) is 19.1 Å². The van der Waals surface area contributed by atoms with Crippen LogP contribution in [0.15, 0.2) is 18.2 Å². The maximum Gasteiger partial charge on any atom is 0.221 e. The minimum atomic E-state index is -0.218. The fourth-order valence-corrected chi connectivity index (χ4v) is 2.79. The van der Waals surface area contributed by atoms with Crippen LogP contribution in [0.5, 0.6) is 5.75 Å². The molecule has 0 spiro atoms. The lowest BCUT2D eigenvalue weighted by molar-refractivity contribution is -0.124. The van der Waals surface area contributed by atoms with Crippen molar-refractivity contribution in [1.82, 2.24) is 4.90 Å². The third kappa shape index (κ3) is 3.53. The van der Waals surface area contributed by atoms with Gasteiger partial charge in [-0.2, -0.15) is 5.26 Å². The first-order chi connectivity index (χ1) is 10.0. The molecule has 5 heteroatoms. The number of rotatable bonds is 4. The molecule has 1 heterocycles. The first-order valence-corrected chi connectivity index (χ1v) is 7.15. The second-order valence-electron chi connectivity index (χ2n) is 5.60. The molecule has 2 rings (SSSR count). The molecule has 1 aromatic carbocycles. The second-order valence-corrected chi connectivity index (χ2v) is 5.60. The summed E-state index contributed by atoms with van der Waals surface area (Å²) in [4.78, 5) is 13.6.